The molecule has 5 rings (SSSR count). The molecule has 2 aromatic carbocycles. The van der Waals surface area contributed by atoms with Crippen LogP contribution in [-0.4, -0.2) is 10.9 Å². The minimum atomic E-state index is -0.0324. The Morgan fingerprint density at radius 1 is 1.00 bits per heavy atom. The molecule has 0 atom stereocenters. The first-order valence-corrected chi connectivity index (χ1v) is 12.1. The van der Waals surface area contributed by atoms with E-state index >= 15 is 0 Å². The maximum atomic E-state index is 13.2. The molecule has 2 aromatic heterocycles. The second kappa shape index (κ2) is 7.97. The number of anilines is 1. The maximum Gasteiger partial charge on any atom is 0.256 e. The lowest BCUT2D eigenvalue weighted by molar-refractivity contribution is 0.102. The van der Waals surface area contributed by atoms with E-state index in [4.69, 9.17) is 4.98 Å². The number of nitrogens with one attached hydrogen (secondary N) is 1. The molecule has 0 radical (unpaired) electrons. The number of para-hydroxylation sites is 1. The molecule has 3 nitrogen and oxygen atoms in total. The lowest BCUT2D eigenvalue weighted by Gasteiger charge is -2.09. The largest absolute Gasteiger partial charge is 0.313 e. The van der Waals surface area contributed by atoms with Gasteiger partial charge in [-0.2, -0.15) is 0 Å². The number of thiophene rings is 1. The molecule has 0 fully saturated rings. The molecule has 1 aliphatic rings. The van der Waals surface area contributed by atoms with Crippen molar-refractivity contribution in [2.24, 2.45) is 0 Å². The Kier molecular flexibility index (Phi) is 5.17. The van der Waals surface area contributed by atoms with Gasteiger partial charge in [0.2, 0.25) is 0 Å². The van der Waals surface area contributed by atoms with Crippen molar-refractivity contribution in [3.05, 3.63) is 69.6 Å². The van der Waals surface area contributed by atoms with Gasteiger partial charge in [0, 0.05) is 16.0 Å². The molecule has 4 aromatic rings. The van der Waals surface area contributed by atoms with Crippen molar-refractivity contribution in [2.75, 3.05) is 5.32 Å². The predicted octanol–water partition coefficient (Wildman–Crippen LogP) is 7.16. The zero-order valence-corrected chi connectivity index (χ0v) is 18.9. The number of carbonyl (C=O) groups is 1. The number of hydrogen-bond acceptors (Lipinski definition) is 4. The van der Waals surface area contributed by atoms with E-state index in [9.17, 15) is 4.79 Å². The summed E-state index contributed by atoms with van der Waals surface area (Å²) >= 11 is 3.47. The molecule has 0 bridgehead atoms. The molecule has 30 heavy (non-hydrogen) atoms. The zero-order chi connectivity index (χ0) is 20.7. The third-order valence-corrected chi connectivity index (χ3v) is 8.05. The van der Waals surface area contributed by atoms with Crippen molar-refractivity contribution in [2.45, 2.75) is 46.0 Å². The van der Waals surface area contributed by atoms with E-state index < -0.39 is 0 Å². The summed E-state index contributed by atoms with van der Waals surface area (Å²) in [6.45, 7) is 4.02. The van der Waals surface area contributed by atoms with Crippen molar-refractivity contribution in [3.63, 3.8) is 0 Å². The van der Waals surface area contributed by atoms with Gasteiger partial charge in [0.05, 0.1) is 10.2 Å². The Labute approximate surface area is 184 Å². The molecule has 0 spiro atoms. The molecule has 1 aliphatic carbocycles. The predicted molar refractivity (Wildman–Crippen MR) is 128 cm³/mol. The highest BCUT2D eigenvalue weighted by molar-refractivity contribution is 7.22. The highest BCUT2D eigenvalue weighted by atomic mass is 32.1. The quantitative estimate of drug-likeness (QED) is 0.349. The van der Waals surface area contributed by atoms with Gasteiger partial charge in [0.25, 0.3) is 5.91 Å². The smallest absolute Gasteiger partial charge is 0.256 e. The highest BCUT2D eigenvalue weighted by Gasteiger charge is 2.25. The van der Waals surface area contributed by atoms with E-state index in [2.05, 4.69) is 23.5 Å². The molecular formula is C25H24N2OS2. The minimum absolute atomic E-state index is 0.0324. The normalized spacial score (nSPS) is 13.8. The Balaban J connectivity index is 1.61. The standard InChI is InChI=1S/C25H24N2OS2/c1-15-12-13-16(2)18(14-15)23(28)27-25-22(17-8-4-3-5-10-20(17)29-25)24-26-19-9-6-7-11-21(19)30-24/h6-7,9,11-14H,3-5,8,10H2,1-2H3,(H,27,28). The van der Waals surface area contributed by atoms with Crippen LogP contribution in [-0.2, 0) is 12.8 Å². The number of nitrogens with zero attached hydrogens (tertiary/aromatic N) is 1. The molecule has 152 valence electrons. The number of hydrogen-bond donors (Lipinski definition) is 1. The Bertz CT molecular complexity index is 1220. The first-order valence-electron chi connectivity index (χ1n) is 10.5. The van der Waals surface area contributed by atoms with Gasteiger partial charge < -0.3 is 5.32 Å². The molecule has 0 aliphatic heterocycles. The first kappa shape index (κ1) is 19.5. The molecule has 0 saturated carbocycles. The van der Waals surface area contributed by atoms with Crippen LogP contribution in [0.3, 0.4) is 0 Å². The van der Waals surface area contributed by atoms with E-state index in [0.29, 0.717) is 0 Å². The molecule has 5 heteroatoms. The lowest BCUT2D eigenvalue weighted by Crippen LogP contribution is -2.13. The Morgan fingerprint density at radius 3 is 2.70 bits per heavy atom. The van der Waals surface area contributed by atoms with Gasteiger partial charge in [-0.3, -0.25) is 4.79 Å². The molecule has 1 amide bonds. The van der Waals surface area contributed by atoms with Crippen molar-refractivity contribution >= 4 is 43.8 Å². The van der Waals surface area contributed by atoms with Crippen LogP contribution in [0.1, 0.15) is 51.2 Å². The molecule has 0 unspecified atom stereocenters. The molecule has 1 N–H and O–H groups in total. The number of aryl methyl sites for hydroxylation is 3. The average Bonchev–Trinajstić information content (AvgIpc) is 3.22. The summed E-state index contributed by atoms with van der Waals surface area (Å²) in [6, 6.07) is 14.3. The number of fused-ring (bicyclic) bond motifs is 2. The number of amides is 1. The van der Waals surface area contributed by atoms with Crippen LogP contribution in [0.2, 0.25) is 0 Å². The van der Waals surface area contributed by atoms with E-state index in [1.54, 1.807) is 22.7 Å². The minimum Gasteiger partial charge on any atom is -0.313 e. The highest BCUT2D eigenvalue weighted by Crippen LogP contribution is 2.46. The van der Waals surface area contributed by atoms with Crippen LogP contribution in [0.5, 0.6) is 0 Å². The number of thiazole rings is 1. The van der Waals surface area contributed by atoms with Gasteiger partial charge in [0.1, 0.15) is 10.0 Å². The number of aromatic nitrogens is 1. The molecule has 2 heterocycles. The number of benzene rings is 2. The van der Waals surface area contributed by atoms with Crippen molar-refractivity contribution in [3.8, 4) is 10.6 Å². The summed E-state index contributed by atoms with van der Waals surface area (Å²) in [6.07, 6.45) is 5.85. The summed E-state index contributed by atoms with van der Waals surface area (Å²) in [5.74, 6) is -0.0324. The van der Waals surface area contributed by atoms with Gasteiger partial charge in [-0.25, -0.2) is 4.98 Å². The van der Waals surface area contributed by atoms with E-state index in [0.717, 1.165) is 50.6 Å². The van der Waals surface area contributed by atoms with Crippen LogP contribution in [0.15, 0.2) is 42.5 Å². The Hall–Kier alpha value is -2.50. The first-order chi connectivity index (χ1) is 14.6. The van der Waals surface area contributed by atoms with Gasteiger partial charge in [-0.05, 0) is 68.9 Å². The average molecular weight is 433 g/mol. The number of carbonyl (C=O) groups excluding carboxylic acids is 1. The van der Waals surface area contributed by atoms with Gasteiger partial charge in [-0.15, -0.1) is 22.7 Å². The fourth-order valence-corrected chi connectivity index (χ4v) is 6.58. The summed E-state index contributed by atoms with van der Waals surface area (Å²) in [4.78, 5) is 19.6. The van der Waals surface area contributed by atoms with Crippen molar-refractivity contribution in [1.29, 1.82) is 0 Å². The SMILES string of the molecule is Cc1ccc(C)c(C(=O)Nc2sc3c(c2-c2nc4ccccc4s2)CCCCC3)c1. The van der Waals surface area contributed by atoms with Crippen molar-refractivity contribution in [1.82, 2.24) is 4.98 Å². The summed E-state index contributed by atoms with van der Waals surface area (Å²) in [5.41, 5.74) is 6.41. The van der Waals surface area contributed by atoms with Crippen molar-refractivity contribution < 1.29 is 4.79 Å². The van der Waals surface area contributed by atoms with E-state index in [-0.39, 0.29) is 5.91 Å². The third-order valence-electron chi connectivity index (χ3n) is 5.79. The van der Waals surface area contributed by atoms with E-state index in [1.165, 1.54) is 34.4 Å². The second-order valence-corrected chi connectivity index (χ2v) is 10.2. The summed E-state index contributed by atoms with van der Waals surface area (Å²) in [7, 11) is 0. The second-order valence-electron chi connectivity index (χ2n) is 8.03. The van der Waals surface area contributed by atoms with Gasteiger partial charge in [0.15, 0.2) is 0 Å². The molecule has 0 saturated heterocycles. The topological polar surface area (TPSA) is 42.0 Å². The third kappa shape index (κ3) is 3.57. The Morgan fingerprint density at radius 2 is 1.83 bits per heavy atom. The van der Waals surface area contributed by atoms with Crippen LogP contribution in [0.25, 0.3) is 20.8 Å². The maximum absolute atomic E-state index is 13.2. The summed E-state index contributed by atoms with van der Waals surface area (Å²) < 4.78 is 1.19. The van der Waals surface area contributed by atoms with Gasteiger partial charge >= 0.3 is 0 Å². The van der Waals surface area contributed by atoms with E-state index in [1.807, 2.05) is 38.1 Å². The fraction of sp³-hybridized carbons (Fsp3) is 0.280. The molecular weight excluding hydrogens is 408 g/mol. The van der Waals surface area contributed by atoms with Gasteiger partial charge in [-0.1, -0.05) is 36.2 Å². The number of rotatable bonds is 3. The van der Waals surface area contributed by atoms with Crippen LogP contribution in [0.4, 0.5) is 5.00 Å². The van der Waals surface area contributed by atoms with Crippen LogP contribution < -0.4 is 5.32 Å². The lowest BCUT2D eigenvalue weighted by atomic mass is 10.0. The summed E-state index contributed by atoms with van der Waals surface area (Å²) in [5, 5.41) is 5.23. The van der Waals surface area contributed by atoms with Crippen LogP contribution in [0, 0.1) is 13.8 Å². The monoisotopic (exact) mass is 432 g/mol. The zero-order valence-electron chi connectivity index (χ0n) is 17.2. The van der Waals surface area contributed by atoms with Crippen LogP contribution >= 0.6 is 22.7 Å². The fourth-order valence-electron chi connectivity index (χ4n) is 4.19.